The van der Waals surface area contributed by atoms with E-state index in [1.54, 1.807) is 0 Å². The van der Waals surface area contributed by atoms with Gasteiger partial charge >= 0.3 is 11.9 Å². The van der Waals surface area contributed by atoms with Crippen molar-refractivity contribution in [3.05, 3.63) is 60.8 Å². The van der Waals surface area contributed by atoms with Gasteiger partial charge in [0.05, 0.1) is 0 Å². The summed E-state index contributed by atoms with van der Waals surface area (Å²) in [6.07, 6.45) is 46.5. The molecule has 0 saturated heterocycles. The van der Waals surface area contributed by atoms with Crippen LogP contribution in [0.5, 0.6) is 0 Å². The molecule has 0 radical (unpaired) electrons. The molecule has 4 nitrogen and oxygen atoms in total. The van der Waals surface area contributed by atoms with Gasteiger partial charge in [0.25, 0.3) is 0 Å². The van der Waals surface area contributed by atoms with Gasteiger partial charge in [-0.25, -0.2) is 0 Å². The second-order valence-electron chi connectivity index (χ2n) is 11.7. The van der Waals surface area contributed by atoms with Crippen molar-refractivity contribution in [1.82, 2.24) is 0 Å². The molecule has 0 aromatic rings. The molecule has 1 unspecified atom stereocenters. The number of carboxylic acid groups (broad SMARTS) is 1. The summed E-state index contributed by atoms with van der Waals surface area (Å²) in [4.78, 5) is 23.3. The first-order valence-corrected chi connectivity index (χ1v) is 17.8. The second kappa shape index (κ2) is 34.1. The Labute approximate surface area is 265 Å². The molecule has 246 valence electrons. The van der Waals surface area contributed by atoms with Crippen LogP contribution in [0.4, 0.5) is 0 Å². The molecule has 0 aliphatic heterocycles. The van der Waals surface area contributed by atoms with Gasteiger partial charge in [-0.15, -0.1) is 0 Å². The maximum absolute atomic E-state index is 12.6. The van der Waals surface area contributed by atoms with Crippen LogP contribution in [0.1, 0.15) is 168 Å². The summed E-state index contributed by atoms with van der Waals surface area (Å²) in [5.41, 5.74) is 0. The highest BCUT2D eigenvalue weighted by molar-refractivity contribution is 5.69. The number of carbonyl (C=O) groups is 2. The minimum Gasteiger partial charge on any atom is -0.481 e. The number of ether oxygens (including phenoxy) is 1. The van der Waals surface area contributed by atoms with Crippen molar-refractivity contribution in [2.24, 2.45) is 0 Å². The number of unbranched alkanes of at least 4 members (excludes halogenated alkanes) is 12. The molecule has 1 atom stereocenters. The molecular weight excluding hydrogens is 532 g/mol. The number of rotatable bonds is 31. The van der Waals surface area contributed by atoms with Crippen molar-refractivity contribution in [3.8, 4) is 0 Å². The maximum Gasteiger partial charge on any atom is 0.306 e. The Morgan fingerprint density at radius 1 is 0.535 bits per heavy atom. The summed E-state index contributed by atoms with van der Waals surface area (Å²) in [6, 6.07) is 0. The smallest absolute Gasteiger partial charge is 0.306 e. The Morgan fingerprint density at radius 3 is 1.63 bits per heavy atom. The molecule has 0 bridgehead atoms. The van der Waals surface area contributed by atoms with E-state index in [1.165, 1.54) is 51.4 Å². The molecule has 0 rings (SSSR count). The van der Waals surface area contributed by atoms with Gasteiger partial charge in [0.15, 0.2) is 0 Å². The number of hydrogen-bond acceptors (Lipinski definition) is 3. The molecule has 0 aliphatic carbocycles. The summed E-state index contributed by atoms with van der Waals surface area (Å²) >= 11 is 0. The van der Waals surface area contributed by atoms with E-state index in [0.717, 1.165) is 89.9 Å². The van der Waals surface area contributed by atoms with Gasteiger partial charge in [0.1, 0.15) is 6.10 Å². The van der Waals surface area contributed by atoms with Crippen LogP contribution in [0.2, 0.25) is 0 Å². The fourth-order valence-electron chi connectivity index (χ4n) is 4.88. The summed E-state index contributed by atoms with van der Waals surface area (Å²) in [5.74, 6) is -0.764. The summed E-state index contributed by atoms with van der Waals surface area (Å²) in [5, 5.41) is 8.79. The predicted octanol–water partition coefficient (Wildman–Crippen LogP) is 12.2. The van der Waals surface area contributed by atoms with Crippen LogP contribution < -0.4 is 0 Å². The highest BCUT2D eigenvalue weighted by atomic mass is 16.5. The SMILES string of the molecule is CC/C=C\C/C=C\C/C=C\C/C=C\CCC(CCCCCCCC(=O)O)OC(=O)CCCCCCC/C=C\CCCCC. The van der Waals surface area contributed by atoms with Crippen molar-refractivity contribution in [2.45, 2.75) is 174 Å². The lowest BCUT2D eigenvalue weighted by molar-refractivity contribution is -0.150. The number of esters is 1. The molecule has 0 aliphatic rings. The quantitative estimate of drug-likeness (QED) is 0.0490. The zero-order valence-corrected chi connectivity index (χ0v) is 28.0. The molecule has 1 N–H and O–H groups in total. The van der Waals surface area contributed by atoms with E-state index in [2.05, 4.69) is 74.6 Å². The van der Waals surface area contributed by atoms with E-state index < -0.39 is 5.97 Å². The van der Waals surface area contributed by atoms with Gasteiger partial charge in [-0.05, 0) is 89.9 Å². The Kier molecular flexibility index (Phi) is 32.3. The van der Waals surface area contributed by atoms with Crippen LogP contribution in [-0.2, 0) is 14.3 Å². The van der Waals surface area contributed by atoms with E-state index in [4.69, 9.17) is 9.84 Å². The normalized spacial score (nSPS) is 13.0. The third kappa shape index (κ3) is 34.0. The van der Waals surface area contributed by atoms with Crippen molar-refractivity contribution >= 4 is 11.9 Å². The summed E-state index contributed by atoms with van der Waals surface area (Å²) in [6.45, 7) is 4.39. The fourth-order valence-corrected chi connectivity index (χ4v) is 4.88. The number of allylic oxidation sites excluding steroid dienone is 10. The topological polar surface area (TPSA) is 63.6 Å². The van der Waals surface area contributed by atoms with E-state index in [-0.39, 0.29) is 18.5 Å². The number of hydrogen-bond donors (Lipinski definition) is 1. The first-order valence-electron chi connectivity index (χ1n) is 17.8. The molecular formula is C39H66O4. The average molecular weight is 599 g/mol. The van der Waals surface area contributed by atoms with Gasteiger partial charge < -0.3 is 9.84 Å². The van der Waals surface area contributed by atoms with E-state index in [9.17, 15) is 9.59 Å². The predicted molar refractivity (Wildman–Crippen MR) is 185 cm³/mol. The summed E-state index contributed by atoms with van der Waals surface area (Å²) < 4.78 is 5.93. The first-order chi connectivity index (χ1) is 21.1. The first kappa shape index (κ1) is 40.6. The van der Waals surface area contributed by atoms with Gasteiger partial charge in [-0.1, -0.05) is 126 Å². The molecule has 0 heterocycles. The van der Waals surface area contributed by atoms with Crippen molar-refractivity contribution < 1.29 is 19.4 Å². The van der Waals surface area contributed by atoms with Crippen LogP contribution in [0, 0.1) is 0 Å². The second-order valence-corrected chi connectivity index (χ2v) is 11.7. The largest absolute Gasteiger partial charge is 0.481 e. The zero-order chi connectivity index (χ0) is 31.5. The van der Waals surface area contributed by atoms with E-state index in [1.807, 2.05) is 0 Å². The number of carbonyl (C=O) groups excluding carboxylic acids is 1. The molecule has 0 aromatic heterocycles. The Morgan fingerprint density at radius 2 is 1.02 bits per heavy atom. The fraction of sp³-hybridized carbons (Fsp3) is 0.692. The minimum absolute atomic E-state index is 0.0253. The van der Waals surface area contributed by atoms with Gasteiger partial charge in [0.2, 0.25) is 0 Å². The highest BCUT2D eigenvalue weighted by Gasteiger charge is 2.13. The highest BCUT2D eigenvalue weighted by Crippen LogP contribution is 2.17. The molecule has 43 heavy (non-hydrogen) atoms. The lowest BCUT2D eigenvalue weighted by atomic mass is 10.0. The van der Waals surface area contributed by atoms with Gasteiger partial charge in [0, 0.05) is 12.8 Å². The molecule has 0 amide bonds. The van der Waals surface area contributed by atoms with Crippen LogP contribution in [0.15, 0.2) is 60.8 Å². The van der Waals surface area contributed by atoms with Crippen molar-refractivity contribution in [1.29, 1.82) is 0 Å². The molecule has 0 fully saturated rings. The van der Waals surface area contributed by atoms with E-state index in [0.29, 0.717) is 6.42 Å². The molecule has 0 aromatic carbocycles. The van der Waals surface area contributed by atoms with Crippen molar-refractivity contribution in [2.75, 3.05) is 0 Å². The van der Waals surface area contributed by atoms with Crippen LogP contribution in [0.25, 0.3) is 0 Å². The van der Waals surface area contributed by atoms with Gasteiger partial charge in [-0.2, -0.15) is 0 Å². The third-order valence-electron chi connectivity index (χ3n) is 7.48. The monoisotopic (exact) mass is 598 g/mol. The average Bonchev–Trinajstić information content (AvgIpc) is 2.99. The Bertz CT molecular complexity index is 774. The van der Waals surface area contributed by atoms with Crippen LogP contribution in [0.3, 0.4) is 0 Å². The lowest BCUT2D eigenvalue weighted by Crippen LogP contribution is -2.18. The van der Waals surface area contributed by atoms with Crippen LogP contribution >= 0.6 is 0 Å². The van der Waals surface area contributed by atoms with Gasteiger partial charge in [-0.3, -0.25) is 9.59 Å². The van der Waals surface area contributed by atoms with Crippen molar-refractivity contribution in [3.63, 3.8) is 0 Å². The standard InChI is InChI=1S/C39H66O4/c1-3-5-7-9-11-13-15-17-18-20-22-25-29-33-37(34-30-26-24-27-31-35-38(40)41)43-39(42)36-32-28-23-21-19-16-14-12-10-8-6-4-2/h5,7,11-14,17-18,22,25,37H,3-4,6,8-10,15-16,19-21,23-24,26-36H2,1-2H3,(H,40,41)/b7-5-,13-11-,14-12-,18-17-,25-22-. The molecule has 0 saturated carbocycles. The maximum atomic E-state index is 12.6. The zero-order valence-electron chi connectivity index (χ0n) is 28.0. The number of carboxylic acids is 1. The summed E-state index contributed by atoms with van der Waals surface area (Å²) in [7, 11) is 0. The van der Waals surface area contributed by atoms with E-state index >= 15 is 0 Å². The third-order valence-corrected chi connectivity index (χ3v) is 7.48. The Hall–Kier alpha value is -2.36. The van der Waals surface area contributed by atoms with Crippen LogP contribution in [-0.4, -0.2) is 23.1 Å². The Balaban J connectivity index is 4.25. The minimum atomic E-state index is -0.715. The molecule has 0 spiro atoms. The lowest BCUT2D eigenvalue weighted by Gasteiger charge is -2.17. The molecule has 4 heteroatoms. The number of aliphatic carboxylic acids is 1.